The van der Waals surface area contributed by atoms with Gasteiger partial charge in [0.25, 0.3) is 0 Å². The second-order valence-corrected chi connectivity index (χ2v) is 9.57. The first-order chi connectivity index (χ1) is 7.54. The molecule has 100 valence electrons. The van der Waals surface area contributed by atoms with E-state index in [4.69, 9.17) is 4.43 Å². The van der Waals surface area contributed by atoms with Gasteiger partial charge in [-0.2, -0.15) is 13.2 Å². The molecule has 3 nitrogen and oxygen atoms in total. The summed E-state index contributed by atoms with van der Waals surface area (Å²) in [6.45, 7) is 6.79. The van der Waals surface area contributed by atoms with Crippen LogP contribution >= 0.6 is 0 Å². The molecule has 2 unspecified atom stereocenters. The average molecular weight is 270 g/mol. The summed E-state index contributed by atoms with van der Waals surface area (Å²) in [7, 11) is -2.10. The Kier molecular flexibility index (Phi) is 3.64. The molecule has 0 bridgehead atoms. The molecule has 0 aliphatic heterocycles. The van der Waals surface area contributed by atoms with Crippen molar-refractivity contribution < 1.29 is 27.1 Å². The molecule has 0 aromatic rings. The summed E-state index contributed by atoms with van der Waals surface area (Å²) in [5, 5.41) is 0. The van der Waals surface area contributed by atoms with Crippen LogP contribution in [-0.2, 0) is 14.0 Å². The predicted molar refractivity (Wildman–Crippen MR) is 58.0 cm³/mol. The van der Waals surface area contributed by atoms with Crippen LogP contribution in [0.1, 0.15) is 13.3 Å². The van der Waals surface area contributed by atoms with E-state index in [0.717, 1.165) is 0 Å². The lowest BCUT2D eigenvalue weighted by molar-refractivity contribution is -0.212. The van der Waals surface area contributed by atoms with Crippen LogP contribution in [0.25, 0.3) is 0 Å². The lowest BCUT2D eigenvalue weighted by atomic mass is 10.1. The van der Waals surface area contributed by atoms with Crippen molar-refractivity contribution >= 4 is 14.3 Å². The standard InChI is InChI=1S/C10H17F3O3Si/c1-5-15-8(14)9(10(11,12)13)6-7(9)16-17(2,3)4/h7H,5-6H2,1-4H3. The van der Waals surface area contributed by atoms with Gasteiger partial charge in [-0.1, -0.05) is 0 Å². The Morgan fingerprint density at radius 2 is 1.94 bits per heavy atom. The fraction of sp³-hybridized carbons (Fsp3) is 0.900. The number of halogens is 3. The molecule has 0 aromatic carbocycles. The van der Waals surface area contributed by atoms with Crippen molar-refractivity contribution in [3.63, 3.8) is 0 Å². The minimum absolute atomic E-state index is 0.0592. The summed E-state index contributed by atoms with van der Waals surface area (Å²) in [5.41, 5.74) is -2.43. The number of ether oxygens (including phenoxy) is 1. The highest BCUT2D eigenvalue weighted by Gasteiger charge is 2.78. The highest BCUT2D eigenvalue weighted by molar-refractivity contribution is 6.69. The van der Waals surface area contributed by atoms with Crippen LogP contribution in [0, 0.1) is 5.41 Å². The van der Waals surface area contributed by atoms with E-state index in [1.54, 1.807) is 19.6 Å². The van der Waals surface area contributed by atoms with Gasteiger partial charge >= 0.3 is 12.1 Å². The monoisotopic (exact) mass is 270 g/mol. The fourth-order valence-corrected chi connectivity index (χ4v) is 2.83. The van der Waals surface area contributed by atoms with Crippen LogP contribution < -0.4 is 0 Å². The van der Waals surface area contributed by atoms with E-state index in [1.165, 1.54) is 6.92 Å². The van der Waals surface area contributed by atoms with Crippen molar-refractivity contribution in [3.05, 3.63) is 0 Å². The van der Waals surface area contributed by atoms with Crippen LogP contribution in [0.15, 0.2) is 0 Å². The SMILES string of the molecule is CCOC(=O)C1(C(F)(F)F)CC1O[Si](C)(C)C. The summed E-state index contributed by atoms with van der Waals surface area (Å²) >= 11 is 0. The summed E-state index contributed by atoms with van der Waals surface area (Å²) in [6, 6.07) is 0. The number of rotatable bonds is 4. The molecule has 0 spiro atoms. The third kappa shape index (κ3) is 2.82. The quantitative estimate of drug-likeness (QED) is 0.582. The van der Waals surface area contributed by atoms with Gasteiger partial charge in [0.05, 0.1) is 12.7 Å². The number of alkyl halides is 3. The summed E-state index contributed by atoms with van der Waals surface area (Å²) < 4.78 is 48.7. The van der Waals surface area contributed by atoms with E-state index >= 15 is 0 Å². The first-order valence-corrected chi connectivity index (χ1v) is 8.87. The molecule has 0 amide bonds. The third-order valence-electron chi connectivity index (χ3n) is 2.54. The van der Waals surface area contributed by atoms with E-state index in [-0.39, 0.29) is 13.0 Å². The highest BCUT2D eigenvalue weighted by Crippen LogP contribution is 2.60. The van der Waals surface area contributed by atoms with Gasteiger partial charge < -0.3 is 9.16 Å². The van der Waals surface area contributed by atoms with Crippen LogP contribution in [0.2, 0.25) is 19.6 Å². The van der Waals surface area contributed by atoms with Gasteiger partial charge in [0, 0.05) is 6.42 Å². The maximum absolute atomic E-state index is 12.9. The van der Waals surface area contributed by atoms with E-state index in [0.29, 0.717) is 0 Å². The normalized spacial score (nSPS) is 29.0. The maximum Gasteiger partial charge on any atom is 0.407 e. The van der Waals surface area contributed by atoms with Gasteiger partial charge in [0.2, 0.25) is 0 Å². The zero-order valence-electron chi connectivity index (χ0n) is 10.4. The van der Waals surface area contributed by atoms with Crippen molar-refractivity contribution in [2.24, 2.45) is 5.41 Å². The number of hydrogen-bond acceptors (Lipinski definition) is 3. The number of esters is 1. The molecule has 0 aromatic heterocycles. The second-order valence-electron chi connectivity index (χ2n) is 5.11. The smallest absolute Gasteiger partial charge is 0.407 e. The molecule has 1 rings (SSSR count). The van der Waals surface area contributed by atoms with Crippen molar-refractivity contribution in [1.29, 1.82) is 0 Å². The Labute approximate surface area is 99.4 Å². The second kappa shape index (κ2) is 4.27. The molecule has 7 heteroatoms. The van der Waals surface area contributed by atoms with Gasteiger partial charge in [0.1, 0.15) is 0 Å². The number of hydrogen-bond donors (Lipinski definition) is 0. The zero-order chi connectivity index (χ0) is 13.5. The van der Waals surface area contributed by atoms with Crippen molar-refractivity contribution in [2.45, 2.75) is 45.3 Å². The number of carbonyl (C=O) groups is 1. The lowest BCUT2D eigenvalue weighted by Gasteiger charge is -2.23. The van der Waals surface area contributed by atoms with Gasteiger partial charge in [-0.25, -0.2) is 0 Å². The molecule has 17 heavy (non-hydrogen) atoms. The Hall–Kier alpha value is -0.563. The molecule has 2 atom stereocenters. The molecule has 1 aliphatic carbocycles. The minimum atomic E-state index is -4.61. The van der Waals surface area contributed by atoms with Crippen LogP contribution in [0.4, 0.5) is 13.2 Å². The Morgan fingerprint density at radius 1 is 1.41 bits per heavy atom. The Morgan fingerprint density at radius 3 is 2.29 bits per heavy atom. The summed E-state index contributed by atoms with van der Waals surface area (Å²) in [6.07, 6.45) is -6.00. The van der Waals surface area contributed by atoms with Gasteiger partial charge in [0.15, 0.2) is 13.7 Å². The molecule has 0 radical (unpaired) electrons. The number of carbonyl (C=O) groups excluding carboxylic acids is 1. The van der Waals surface area contributed by atoms with Crippen molar-refractivity contribution in [2.75, 3.05) is 6.61 Å². The van der Waals surface area contributed by atoms with Crippen molar-refractivity contribution in [3.8, 4) is 0 Å². The fourth-order valence-electron chi connectivity index (χ4n) is 1.69. The Balaban J connectivity index is 2.84. The van der Waals surface area contributed by atoms with Crippen molar-refractivity contribution in [1.82, 2.24) is 0 Å². The van der Waals surface area contributed by atoms with Gasteiger partial charge in [-0.3, -0.25) is 4.79 Å². The van der Waals surface area contributed by atoms with Gasteiger partial charge in [-0.15, -0.1) is 0 Å². The first-order valence-electron chi connectivity index (χ1n) is 5.46. The molecule has 1 fully saturated rings. The first kappa shape index (κ1) is 14.5. The van der Waals surface area contributed by atoms with E-state index < -0.39 is 32.0 Å². The maximum atomic E-state index is 12.9. The molecular weight excluding hydrogens is 253 g/mol. The zero-order valence-corrected chi connectivity index (χ0v) is 11.4. The highest BCUT2D eigenvalue weighted by atomic mass is 28.4. The van der Waals surface area contributed by atoms with Crippen LogP contribution in [-0.4, -0.2) is 33.2 Å². The minimum Gasteiger partial charge on any atom is -0.465 e. The summed E-state index contributed by atoms with van der Waals surface area (Å²) in [4.78, 5) is 11.5. The van der Waals surface area contributed by atoms with E-state index in [2.05, 4.69) is 4.74 Å². The van der Waals surface area contributed by atoms with E-state index in [9.17, 15) is 18.0 Å². The average Bonchev–Trinajstić information content (AvgIpc) is 2.76. The largest absolute Gasteiger partial charge is 0.465 e. The molecule has 0 heterocycles. The van der Waals surface area contributed by atoms with Gasteiger partial charge in [-0.05, 0) is 26.6 Å². The lowest BCUT2D eigenvalue weighted by Crippen LogP contribution is -2.40. The third-order valence-corrected chi connectivity index (χ3v) is 3.53. The molecular formula is C10H17F3O3Si. The van der Waals surface area contributed by atoms with Crippen LogP contribution in [0.3, 0.4) is 0 Å². The summed E-state index contributed by atoms with van der Waals surface area (Å²) in [5.74, 6) is -1.21. The van der Waals surface area contributed by atoms with Crippen LogP contribution in [0.5, 0.6) is 0 Å². The molecule has 1 aliphatic rings. The molecule has 0 saturated heterocycles. The predicted octanol–water partition coefficient (Wildman–Crippen LogP) is 2.72. The Bertz CT molecular complexity index is 311. The molecule has 0 N–H and O–H groups in total. The van der Waals surface area contributed by atoms with E-state index in [1.807, 2.05) is 0 Å². The topological polar surface area (TPSA) is 35.5 Å². The molecule has 1 saturated carbocycles.